The van der Waals surface area contributed by atoms with Crippen molar-refractivity contribution in [1.82, 2.24) is 4.90 Å². The first-order valence-corrected chi connectivity index (χ1v) is 7.81. The molecule has 0 aliphatic heterocycles. The normalized spacial score (nSPS) is 15.2. The zero-order chi connectivity index (χ0) is 13.0. The van der Waals surface area contributed by atoms with Crippen LogP contribution in [0.1, 0.15) is 24.8 Å². The fourth-order valence-electron chi connectivity index (χ4n) is 2.21. The summed E-state index contributed by atoms with van der Waals surface area (Å²) < 4.78 is 0. The van der Waals surface area contributed by atoms with Crippen molar-refractivity contribution in [1.29, 1.82) is 0 Å². The highest BCUT2D eigenvalue weighted by Crippen LogP contribution is 2.26. The van der Waals surface area contributed by atoms with Gasteiger partial charge in [-0.25, -0.2) is 0 Å². The van der Waals surface area contributed by atoms with E-state index in [9.17, 15) is 4.79 Å². The van der Waals surface area contributed by atoms with E-state index in [0.717, 1.165) is 30.3 Å². The van der Waals surface area contributed by atoms with Gasteiger partial charge in [0.15, 0.2) is 0 Å². The number of nitrogens with zero attached hydrogens (tertiary/aromatic N) is 1. The van der Waals surface area contributed by atoms with Crippen molar-refractivity contribution in [2.24, 2.45) is 0 Å². The molecule has 0 spiro atoms. The second-order valence-electron chi connectivity index (χ2n) is 4.63. The van der Waals surface area contributed by atoms with E-state index in [1.54, 1.807) is 0 Å². The van der Waals surface area contributed by atoms with Gasteiger partial charge >= 0.3 is 0 Å². The molecule has 18 heavy (non-hydrogen) atoms. The quantitative estimate of drug-likeness (QED) is 0.755. The Morgan fingerprint density at radius 1 is 1.39 bits per heavy atom. The number of benzene rings is 1. The zero-order valence-corrected chi connectivity index (χ0v) is 12.6. The van der Waals surface area contributed by atoms with Crippen LogP contribution in [0.15, 0.2) is 24.3 Å². The third-order valence-electron chi connectivity index (χ3n) is 3.46. The highest BCUT2D eigenvalue weighted by Gasteiger charge is 2.28. The van der Waals surface area contributed by atoms with Crippen LogP contribution >= 0.6 is 27.5 Å². The third kappa shape index (κ3) is 3.27. The van der Waals surface area contributed by atoms with Gasteiger partial charge in [0.25, 0.3) is 0 Å². The molecular formula is C14H17BrClNO. The van der Waals surface area contributed by atoms with Gasteiger partial charge in [0, 0.05) is 22.9 Å². The average molecular weight is 331 g/mol. The number of hydrogen-bond acceptors (Lipinski definition) is 1. The number of carbonyl (C=O) groups excluding carboxylic acids is 1. The van der Waals surface area contributed by atoms with Crippen LogP contribution in [0.5, 0.6) is 0 Å². The minimum Gasteiger partial charge on any atom is -0.339 e. The first kappa shape index (κ1) is 13.9. The molecule has 2 nitrogen and oxygen atoms in total. The molecule has 1 aromatic rings. The monoisotopic (exact) mass is 329 g/mol. The van der Waals surface area contributed by atoms with Gasteiger partial charge in [-0.2, -0.15) is 0 Å². The van der Waals surface area contributed by atoms with Crippen LogP contribution in [0, 0.1) is 0 Å². The van der Waals surface area contributed by atoms with E-state index in [1.807, 2.05) is 29.2 Å². The minimum absolute atomic E-state index is 0.187. The fourth-order valence-corrected chi connectivity index (χ4v) is 2.79. The molecule has 1 saturated carbocycles. The van der Waals surface area contributed by atoms with Gasteiger partial charge in [0.1, 0.15) is 0 Å². The van der Waals surface area contributed by atoms with Crippen molar-refractivity contribution < 1.29 is 4.79 Å². The van der Waals surface area contributed by atoms with Crippen LogP contribution in [0.4, 0.5) is 0 Å². The SMILES string of the molecule is O=C(Cc1ccccc1Cl)N(CCBr)C1CCC1. The van der Waals surface area contributed by atoms with E-state index in [4.69, 9.17) is 11.6 Å². The topological polar surface area (TPSA) is 20.3 Å². The van der Waals surface area contributed by atoms with Crippen molar-refractivity contribution in [2.75, 3.05) is 11.9 Å². The lowest BCUT2D eigenvalue weighted by atomic mass is 9.91. The Hall–Kier alpha value is -0.540. The molecule has 98 valence electrons. The summed E-state index contributed by atoms with van der Waals surface area (Å²) in [6, 6.07) is 8.01. The summed E-state index contributed by atoms with van der Waals surface area (Å²) in [5.74, 6) is 0.187. The highest BCUT2D eigenvalue weighted by molar-refractivity contribution is 9.09. The molecule has 1 aliphatic carbocycles. The molecule has 0 radical (unpaired) electrons. The molecular weight excluding hydrogens is 314 g/mol. The second-order valence-corrected chi connectivity index (χ2v) is 5.83. The van der Waals surface area contributed by atoms with Gasteiger partial charge < -0.3 is 4.90 Å². The molecule has 0 unspecified atom stereocenters. The summed E-state index contributed by atoms with van der Waals surface area (Å²) in [5, 5.41) is 1.51. The molecule has 0 N–H and O–H groups in total. The van der Waals surface area contributed by atoms with Crippen molar-refractivity contribution in [3.8, 4) is 0 Å². The van der Waals surface area contributed by atoms with Crippen LogP contribution in [-0.4, -0.2) is 28.7 Å². The molecule has 1 aromatic carbocycles. The number of rotatable bonds is 5. The summed E-state index contributed by atoms with van der Waals surface area (Å²) in [6.45, 7) is 0.786. The van der Waals surface area contributed by atoms with Gasteiger partial charge in [-0.1, -0.05) is 45.7 Å². The molecule has 0 bridgehead atoms. The molecule has 1 fully saturated rings. The maximum absolute atomic E-state index is 12.3. The number of amides is 1. The van der Waals surface area contributed by atoms with Crippen molar-refractivity contribution in [3.63, 3.8) is 0 Å². The van der Waals surface area contributed by atoms with Crippen LogP contribution in [0.25, 0.3) is 0 Å². The Labute approximate surface area is 121 Å². The number of alkyl halides is 1. The summed E-state index contributed by atoms with van der Waals surface area (Å²) in [7, 11) is 0. The number of hydrogen-bond donors (Lipinski definition) is 0. The third-order valence-corrected chi connectivity index (χ3v) is 4.18. The van der Waals surface area contributed by atoms with Gasteiger partial charge in [-0.05, 0) is 30.9 Å². The highest BCUT2D eigenvalue weighted by atomic mass is 79.9. The fraction of sp³-hybridized carbons (Fsp3) is 0.500. The summed E-state index contributed by atoms with van der Waals surface area (Å²) in [4.78, 5) is 14.3. The second kappa shape index (κ2) is 6.58. The molecule has 0 atom stereocenters. The molecule has 2 rings (SSSR count). The van der Waals surface area contributed by atoms with E-state index >= 15 is 0 Å². The Bertz CT molecular complexity index is 420. The predicted molar refractivity (Wildman–Crippen MR) is 78.3 cm³/mol. The van der Waals surface area contributed by atoms with Crippen LogP contribution < -0.4 is 0 Å². The smallest absolute Gasteiger partial charge is 0.227 e. The first-order valence-electron chi connectivity index (χ1n) is 6.31. The standard InChI is InChI=1S/C14H17BrClNO/c15-8-9-17(12-5-3-6-12)14(18)10-11-4-1-2-7-13(11)16/h1-2,4,7,12H,3,5-6,8-10H2. The summed E-state index contributed by atoms with van der Waals surface area (Å²) >= 11 is 9.52. The van der Waals surface area contributed by atoms with Gasteiger partial charge in [-0.15, -0.1) is 0 Å². The van der Waals surface area contributed by atoms with Crippen LogP contribution in [0.3, 0.4) is 0 Å². The zero-order valence-electron chi connectivity index (χ0n) is 10.2. The van der Waals surface area contributed by atoms with Crippen molar-refractivity contribution in [3.05, 3.63) is 34.9 Å². The number of halogens is 2. The molecule has 4 heteroatoms. The largest absolute Gasteiger partial charge is 0.339 e. The van der Waals surface area contributed by atoms with E-state index in [2.05, 4.69) is 15.9 Å². The summed E-state index contributed by atoms with van der Waals surface area (Å²) in [5.41, 5.74) is 0.920. The minimum atomic E-state index is 0.187. The molecule has 0 heterocycles. The maximum Gasteiger partial charge on any atom is 0.227 e. The molecule has 0 saturated heterocycles. The first-order chi connectivity index (χ1) is 8.72. The van der Waals surface area contributed by atoms with Crippen LogP contribution in [0.2, 0.25) is 5.02 Å². The lowest BCUT2D eigenvalue weighted by Crippen LogP contribution is -2.45. The van der Waals surface area contributed by atoms with Gasteiger partial charge in [-0.3, -0.25) is 4.79 Å². The van der Waals surface area contributed by atoms with E-state index in [0.29, 0.717) is 17.5 Å². The van der Waals surface area contributed by atoms with Crippen molar-refractivity contribution >= 4 is 33.4 Å². The molecule has 1 amide bonds. The van der Waals surface area contributed by atoms with E-state index in [-0.39, 0.29) is 5.91 Å². The Morgan fingerprint density at radius 2 is 2.11 bits per heavy atom. The number of carbonyl (C=O) groups is 1. The van der Waals surface area contributed by atoms with E-state index < -0.39 is 0 Å². The Balaban J connectivity index is 2.02. The summed E-state index contributed by atoms with van der Waals surface area (Å²) in [6.07, 6.45) is 3.93. The lowest BCUT2D eigenvalue weighted by Gasteiger charge is -2.37. The van der Waals surface area contributed by atoms with Crippen molar-refractivity contribution in [2.45, 2.75) is 31.7 Å². The predicted octanol–water partition coefficient (Wildman–Crippen LogP) is 3.66. The Morgan fingerprint density at radius 3 is 2.67 bits per heavy atom. The Kier molecular flexibility index (Phi) is 5.07. The van der Waals surface area contributed by atoms with Gasteiger partial charge in [0.05, 0.1) is 6.42 Å². The van der Waals surface area contributed by atoms with Crippen LogP contribution in [-0.2, 0) is 11.2 Å². The van der Waals surface area contributed by atoms with E-state index in [1.165, 1.54) is 6.42 Å². The maximum atomic E-state index is 12.3. The molecule has 1 aliphatic rings. The lowest BCUT2D eigenvalue weighted by molar-refractivity contribution is -0.134. The van der Waals surface area contributed by atoms with Gasteiger partial charge in [0.2, 0.25) is 5.91 Å². The molecule has 0 aromatic heterocycles. The average Bonchev–Trinajstić information content (AvgIpc) is 2.29.